The highest BCUT2D eigenvalue weighted by Gasteiger charge is 2.54. The first-order valence-electron chi connectivity index (χ1n) is 2.97. The Morgan fingerprint density at radius 2 is 1.46 bits per heavy atom. The maximum absolute atomic E-state index is 12.5. The summed E-state index contributed by atoms with van der Waals surface area (Å²) in [4.78, 5) is -4.26. The number of hydrogen-bond acceptors (Lipinski definition) is 0. The van der Waals surface area contributed by atoms with E-state index in [0.29, 0.717) is 0 Å². The fourth-order valence-corrected chi connectivity index (χ4v) is 2.09. The van der Waals surface area contributed by atoms with Crippen LogP contribution in [0, 0.1) is 0 Å². The van der Waals surface area contributed by atoms with Crippen molar-refractivity contribution in [2.24, 2.45) is 0 Å². The second-order valence-corrected chi connectivity index (χ2v) is 12.6. The zero-order chi connectivity index (χ0) is 10.9. The van der Waals surface area contributed by atoms with Gasteiger partial charge in [0.15, 0.2) is 0 Å². The first-order chi connectivity index (χ1) is 5.46. The lowest BCUT2D eigenvalue weighted by Crippen LogP contribution is -2.36. The van der Waals surface area contributed by atoms with Crippen LogP contribution in [0.4, 0.5) is 17.6 Å². The quantitative estimate of drug-likeness (QED) is 0.302. The third kappa shape index (κ3) is 5.66. The van der Waals surface area contributed by atoms with Crippen molar-refractivity contribution in [3.05, 3.63) is 0 Å². The monoisotopic (exact) mass is 340 g/mol. The van der Waals surface area contributed by atoms with Crippen LogP contribution in [0.2, 0.25) is 6.04 Å². The molecule has 0 unspecified atom stereocenters. The molecule has 0 saturated heterocycles. The molecule has 0 bridgehead atoms. The van der Waals surface area contributed by atoms with Crippen molar-refractivity contribution in [3.63, 3.8) is 0 Å². The maximum Gasteiger partial charge on any atom is 0.363 e. The van der Waals surface area contributed by atoms with Gasteiger partial charge in [0.25, 0.3) is 0 Å². The van der Waals surface area contributed by atoms with Crippen molar-refractivity contribution in [1.82, 2.24) is 0 Å². The molecule has 0 fully saturated rings. The Kier molecular flexibility index (Phi) is 4.86. The first-order valence-corrected chi connectivity index (χ1v) is 9.00. The summed E-state index contributed by atoms with van der Waals surface area (Å²) in [6.45, 7) is 0. The van der Waals surface area contributed by atoms with E-state index in [1.807, 2.05) is 0 Å². The van der Waals surface area contributed by atoms with Gasteiger partial charge in [-0.05, 0) is 22.0 Å². The van der Waals surface area contributed by atoms with E-state index < -0.39 is 29.2 Å². The largest absolute Gasteiger partial charge is 0.363 e. The average Bonchev–Trinajstić information content (AvgIpc) is 1.79. The van der Waals surface area contributed by atoms with Gasteiger partial charge in [-0.3, -0.25) is 0 Å². The lowest BCUT2D eigenvalue weighted by Gasteiger charge is -2.22. The van der Waals surface area contributed by atoms with Crippen LogP contribution in [-0.2, 0) is 0 Å². The third-order valence-corrected chi connectivity index (χ3v) is 4.24. The highest BCUT2D eigenvalue weighted by Crippen LogP contribution is 2.44. The molecular weight excluding hydrogens is 338 g/mol. The van der Waals surface area contributed by atoms with Crippen LogP contribution < -0.4 is 0 Å². The van der Waals surface area contributed by atoms with E-state index in [-0.39, 0.29) is 0 Å². The average molecular weight is 342 g/mol. The smallest absolute Gasteiger partial charge is 0.199 e. The van der Waals surface area contributed by atoms with Gasteiger partial charge in [0.2, 0.25) is 0 Å². The number of rotatable bonds is 4. The van der Waals surface area contributed by atoms with Gasteiger partial charge in [0, 0.05) is 6.42 Å². The zero-order valence-electron chi connectivity index (χ0n) is 5.94. The summed E-state index contributed by atoms with van der Waals surface area (Å²) < 4.78 is 49.3. The standard InChI is InChI=1S/C4H4BrCl3F4Si/c5-4(11,12)3(9,10)1-2-13(6,7)8/h1-2H2. The third-order valence-electron chi connectivity index (χ3n) is 1.14. The highest BCUT2D eigenvalue weighted by atomic mass is 79.9. The molecule has 0 saturated carbocycles. The van der Waals surface area contributed by atoms with Gasteiger partial charge < -0.3 is 0 Å². The number of halogens is 8. The minimum absolute atomic E-state index is 0.508. The molecule has 0 aromatic heterocycles. The molecule has 13 heavy (non-hydrogen) atoms. The predicted molar refractivity (Wildman–Crippen MR) is 51.6 cm³/mol. The van der Waals surface area contributed by atoms with Gasteiger partial charge >= 0.3 is 16.8 Å². The van der Waals surface area contributed by atoms with E-state index in [1.54, 1.807) is 15.9 Å². The Morgan fingerprint density at radius 1 is 1.08 bits per heavy atom. The van der Waals surface area contributed by atoms with Crippen LogP contribution in [0.25, 0.3) is 0 Å². The van der Waals surface area contributed by atoms with Gasteiger partial charge in [-0.25, -0.2) is 0 Å². The van der Waals surface area contributed by atoms with Crippen LogP contribution in [0.1, 0.15) is 6.42 Å². The summed E-state index contributed by atoms with van der Waals surface area (Å²) in [6.07, 6.45) is -1.14. The van der Waals surface area contributed by atoms with Crippen LogP contribution in [0.15, 0.2) is 0 Å². The van der Waals surface area contributed by atoms with Crippen molar-refractivity contribution in [2.45, 2.75) is 23.2 Å². The van der Waals surface area contributed by atoms with Crippen LogP contribution in [0.3, 0.4) is 0 Å². The molecule has 80 valence electrons. The van der Waals surface area contributed by atoms with Gasteiger partial charge in [-0.15, -0.1) is 33.2 Å². The van der Waals surface area contributed by atoms with Gasteiger partial charge in [0.05, 0.1) is 0 Å². The predicted octanol–water partition coefficient (Wildman–Crippen LogP) is 4.65. The SMILES string of the molecule is FC(F)(Br)C(F)(F)CC[Si](Cl)(Cl)Cl. The van der Waals surface area contributed by atoms with E-state index in [9.17, 15) is 17.6 Å². The van der Waals surface area contributed by atoms with E-state index in [2.05, 4.69) is 0 Å². The Labute approximate surface area is 95.8 Å². The van der Waals surface area contributed by atoms with E-state index in [4.69, 9.17) is 33.2 Å². The Hall–Kier alpha value is 1.29. The maximum atomic E-state index is 12.5. The van der Waals surface area contributed by atoms with Crippen molar-refractivity contribution in [2.75, 3.05) is 0 Å². The molecule has 0 N–H and O–H groups in total. The molecule has 0 heterocycles. The van der Waals surface area contributed by atoms with Crippen molar-refractivity contribution < 1.29 is 17.6 Å². The fraction of sp³-hybridized carbons (Fsp3) is 1.00. The van der Waals surface area contributed by atoms with Crippen LogP contribution >= 0.6 is 49.2 Å². The van der Waals surface area contributed by atoms with E-state index in [1.165, 1.54) is 0 Å². The molecule has 0 atom stereocenters. The molecule has 0 aliphatic rings. The summed E-state index contributed by atoms with van der Waals surface area (Å²) >= 11 is 17.4. The molecule has 0 aliphatic heterocycles. The second-order valence-electron chi connectivity index (χ2n) is 2.32. The summed E-state index contributed by atoms with van der Waals surface area (Å²) in [6, 6.07) is -3.77. The lowest BCUT2D eigenvalue weighted by molar-refractivity contribution is -0.148. The summed E-state index contributed by atoms with van der Waals surface area (Å²) in [7, 11) is 0. The zero-order valence-corrected chi connectivity index (χ0v) is 10.8. The number of alkyl halides is 5. The van der Waals surface area contributed by atoms with Crippen molar-refractivity contribution in [1.29, 1.82) is 0 Å². The highest BCUT2D eigenvalue weighted by molar-refractivity contribution is 9.10. The Balaban J connectivity index is 4.21. The van der Waals surface area contributed by atoms with Crippen molar-refractivity contribution in [3.8, 4) is 0 Å². The minimum Gasteiger partial charge on any atom is -0.199 e. The molecule has 0 aliphatic carbocycles. The van der Waals surface area contributed by atoms with Crippen molar-refractivity contribution >= 4 is 55.2 Å². The molecule has 0 amide bonds. The summed E-state index contributed by atoms with van der Waals surface area (Å²) in [5.41, 5.74) is 0. The molecule has 0 rings (SSSR count). The molecule has 0 aromatic rings. The minimum atomic E-state index is -4.26. The first kappa shape index (κ1) is 14.3. The van der Waals surface area contributed by atoms with Crippen LogP contribution in [0.5, 0.6) is 0 Å². The van der Waals surface area contributed by atoms with Gasteiger partial charge in [-0.1, -0.05) is 0 Å². The molecular formula is C4H4BrCl3F4Si. The fourth-order valence-electron chi connectivity index (χ4n) is 0.440. The summed E-state index contributed by atoms with van der Waals surface area (Å²) in [5.74, 6) is -4.19. The number of hydrogen-bond donors (Lipinski definition) is 0. The molecule has 0 nitrogen and oxygen atoms in total. The lowest BCUT2D eigenvalue weighted by atomic mass is 10.3. The second kappa shape index (κ2) is 4.43. The normalized spacial score (nSPS) is 14.8. The topological polar surface area (TPSA) is 0 Å². The molecule has 0 spiro atoms. The van der Waals surface area contributed by atoms with Gasteiger partial charge in [-0.2, -0.15) is 17.6 Å². The molecule has 0 radical (unpaired) electrons. The molecule has 0 aromatic carbocycles. The molecule has 9 heteroatoms. The van der Waals surface area contributed by atoms with Gasteiger partial charge in [0.1, 0.15) is 0 Å². The Bertz CT molecular complexity index is 177. The van der Waals surface area contributed by atoms with E-state index >= 15 is 0 Å². The van der Waals surface area contributed by atoms with Crippen LogP contribution in [-0.4, -0.2) is 16.8 Å². The summed E-state index contributed by atoms with van der Waals surface area (Å²) in [5, 5.41) is 0. The van der Waals surface area contributed by atoms with E-state index in [0.717, 1.165) is 0 Å². The Morgan fingerprint density at radius 3 is 1.69 bits per heavy atom.